The molecule has 1 amide bonds. The van der Waals surface area contributed by atoms with Crippen molar-refractivity contribution in [3.63, 3.8) is 0 Å². The Balaban J connectivity index is 2.47. The quantitative estimate of drug-likeness (QED) is 0.767. The third-order valence-corrected chi connectivity index (χ3v) is 5.30. The van der Waals surface area contributed by atoms with Gasteiger partial charge in [0.1, 0.15) is 0 Å². The Morgan fingerprint density at radius 2 is 1.88 bits per heavy atom. The summed E-state index contributed by atoms with van der Waals surface area (Å²) in [7, 11) is 0. The largest absolute Gasteiger partial charge is 0.352 e. The summed E-state index contributed by atoms with van der Waals surface area (Å²) in [6.45, 7) is 6.32. The van der Waals surface area contributed by atoms with E-state index in [1.165, 1.54) is 32.1 Å². The molecule has 2 atom stereocenters. The summed E-state index contributed by atoms with van der Waals surface area (Å²) in [6.07, 6.45) is 7.65. The number of hydrogen-bond donors (Lipinski definition) is 1. The van der Waals surface area contributed by atoms with E-state index >= 15 is 0 Å². The number of rotatable bonds is 5. The van der Waals surface area contributed by atoms with Crippen LogP contribution in [0.1, 0.15) is 59.3 Å². The van der Waals surface area contributed by atoms with E-state index in [1.54, 1.807) is 0 Å². The topological polar surface area (TPSA) is 29.1 Å². The Morgan fingerprint density at radius 1 is 1.29 bits per heavy atom. The zero-order valence-electron chi connectivity index (χ0n) is 11.3. The van der Waals surface area contributed by atoms with Crippen LogP contribution in [0.25, 0.3) is 0 Å². The average molecular weight is 304 g/mol. The van der Waals surface area contributed by atoms with E-state index in [9.17, 15) is 4.79 Å². The molecule has 0 aromatic carbocycles. The second-order valence-electron chi connectivity index (χ2n) is 5.57. The standard InChI is InChI=1S/C14H26BrNO/c1-4-12(11-8-6-5-7-9-11)16-14(17)13(15)10(2)3/h10-13H,4-9H2,1-3H3,(H,16,17). The van der Waals surface area contributed by atoms with Crippen LogP contribution < -0.4 is 5.32 Å². The lowest BCUT2D eigenvalue weighted by molar-refractivity contribution is -0.122. The maximum atomic E-state index is 12.0. The summed E-state index contributed by atoms with van der Waals surface area (Å²) in [5, 5.41) is 3.23. The minimum absolute atomic E-state index is 0.0554. The zero-order valence-corrected chi connectivity index (χ0v) is 12.9. The molecule has 0 spiro atoms. The molecule has 1 aliphatic rings. The van der Waals surface area contributed by atoms with Crippen molar-refractivity contribution in [2.75, 3.05) is 0 Å². The highest BCUT2D eigenvalue weighted by Gasteiger charge is 2.26. The zero-order chi connectivity index (χ0) is 12.8. The molecule has 0 heterocycles. The first-order chi connectivity index (χ1) is 8.06. The number of carbonyl (C=O) groups excluding carboxylic acids is 1. The van der Waals surface area contributed by atoms with E-state index in [1.807, 2.05) is 0 Å². The summed E-state index contributed by atoms with van der Waals surface area (Å²) in [5.74, 6) is 1.21. The maximum absolute atomic E-state index is 12.0. The van der Waals surface area contributed by atoms with Gasteiger partial charge in [-0.2, -0.15) is 0 Å². The molecule has 2 nitrogen and oxygen atoms in total. The Kier molecular flexibility index (Phi) is 6.53. The minimum atomic E-state index is -0.0554. The molecule has 17 heavy (non-hydrogen) atoms. The lowest BCUT2D eigenvalue weighted by atomic mass is 9.83. The molecule has 100 valence electrons. The lowest BCUT2D eigenvalue weighted by Gasteiger charge is -2.31. The van der Waals surface area contributed by atoms with Crippen molar-refractivity contribution >= 4 is 21.8 Å². The van der Waals surface area contributed by atoms with E-state index in [0.717, 1.165) is 6.42 Å². The van der Waals surface area contributed by atoms with Crippen LogP contribution in [0.5, 0.6) is 0 Å². The molecule has 0 radical (unpaired) electrons. The van der Waals surface area contributed by atoms with Crippen molar-refractivity contribution in [3.8, 4) is 0 Å². The second-order valence-corrected chi connectivity index (χ2v) is 6.55. The maximum Gasteiger partial charge on any atom is 0.234 e. The van der Waals surface area contributed by atoms with Gasteiger partial charge in [0.15, 0.2) is 0 Å². The highest BCUT2D eigenvalue weighted by atomic mass is 79.9. The summed E-state index contributed by atoms with van der Waals surface area (Å²) in [6, 6.07) is 0.376. The van der Waals surface area contributed by atoms with Crippen molar-refractivity contribution in [1.82, 2.24) is 5.32 Å². The molecule has 2 unspecified atom stereocenters. The van der Waals surface area contributed by atoms with Crippen LogP contribution in [0, 0.1) is 11.8 Å². The molecule has 3 heteroatoms. The molecule has 1 rings (SSSR count). The molecular weight excluding hydrogens is 278 g/mol. The molecule has 1 aliphatic carbocycles. The van der Waals surface area contributed by atoms with E-state index in [0.29, 0.717) is 17.9 Å². The summed E-state index contributed by atoms with van der Waals surface area (Å²) >= 11 is 3.48. The molecule has 0 aromatic heterocycles. The Morgan fingerprint density at radius 3 is 2.35 bits per heavy atom. The highest BCUT2D eigenvalue weighted by Crippen LogP contribution is 2.28. The van der Waals surface area contributed by atoms with Crippen LogP contribution in [-0.4, -0.2) is 16.8 Å². The van der Waals surface area contributed by atoms with Crippen molar-refractivity contribution < 1.29 is 4.79 Å². The van der Waals surface area contributed by atoms with E-state index < -0.39 is 0 Å². The number of halogens is 1. The van der Waals surface area contributed by atoms with E-state index in [4.69, 9.17) is 0 Å². The second kappa shape index (κ2) is 7.40. The fraction of sp³-hybridized carbons (Fsp3) is 0.929. The summed E-state index contributed by atoms with van der Waals surface area (Å²) in [5.41, 5.74) is 0. The predicted molar refractivity (Wildman–Crippen MR) is 76.3 cm³/mol. The first-order valence-electron chi connectivity index (χ1n) is 7.00. The normalized spacial score (nSPS) is 21.2. The fourth-order valence-electron chi connectivity index (χ4n) is 2.65. The fourth-order valence-corrected chi connectivity index (χ4v) is 2.79. The third kappa shape index (κ3) is 4.61. The average Bonchev–Trinajstić information content (AvgIpc) is 2.35. The Labute approximate surface area is 114 Å². The van der Waals surface area contributed by atoms with Crippen molar-refractivity contribution in [2.24, 2.45) is 11.8 Å². The van der Waals surface area contributed by atoms with Gasteiger partial charge in [0.05, 0.1) is 4.83 Å². The molecular formula is C14H26BrNO. The summed E-state index contributed by atoms with van der Waals surface area (Å²) in [4.78, 5) is 12.0. The smallest absolute Gasteiger partial charge is 0.234 e. The van der Waals surface area contributed by atoms with Gasteiger partial charge in [0, 0.05) is 6.04 Å². The molecule has 1 saturated carbocycles. The van der Waals surface area contributed by atoms with Crippen molar-refractivity contribution in [2.45, 2.75) is 70.2 Å². The van der Waals surface area contributed by atoms with Crippen LogP contribution >= 0.6 is 15.9 Å². The first-order valence-corrected chi connectivity index (χ1v) is 7.92. The van der Waals surface area contributed by atoms with Crippen molar-refractivity contribution in [3.05, 3.63) is 0 Å². The van der Waals surface area contributed by atoms with Crippen LogP contribution in [0.15, 0.2) is 0 Å². The van der Waals surface area contributed by atoms with E-state index in [-0.39, 0.29) is 10.7 Å². The highest BCUT2D eigenvalue weighted by molar-refractivity contribution is 9.10. The van der Waals surface area contributed by atoms with Crippen LogP contribution in [0.4, 0.5) is 0 Å². The number of alkyl halides is 1. The molecule has 0 aromatic rings. The number of amides is 1. The molecule has 0 aliphatic heterocycles. The Bertz CT molecular complexity index is 236. The number of nitrogens with one attached hydrogen (secondary N) is 1. The number of hydrogen-bond acceptors (Lipinski definition) is 1. The molecule has 0 saturated heterocycles. The van der Waals surface area contributed by atoms with Gasteiger partial charge in [0.25, 0.3) is 0 Å². The summed E-state index contributed by atoms with van der Waals surface area (Å²) < 4.78 is 0. The number of carbonyl (C=O) groups is 1. The van der Waals surface area contributed by atoms with Crippen LogP contribution in [0.3, 0.4) is 0 Å². The van der Waals surface area contributed by atoms with Gasteiger partial charge in [-0.1, -0.05) is 56.0 Å². The van der Waals surface area contributed by atoms with Crippen LogP contribution in [0.2, 0.25) is 0 Å². The van der Waals surface area contributed by atoms with Gasteiger partial charge in [-0.25, -0.2) is 0 Å². The lowest BCUT2D eigenvalue weighted by Crippen LogP contribution is -2.44. The SMILES string of the molecule is CCC(NC(=O)C(Br)C(C)C)C1CCCCC1. The molecule has 1 N–H and O–H groups in total. The predicted octanol–water partition coefficient (Wildman–Crippen LogP) is 3.88. The third-order valence-electron chi connectivity index (χ3n) is 3.82. The minimum Gasteiger partial charge on any atom is -0.352 e. The van der Waals surface area contributed by atoms with Crippen LogP contribution in [-0.2, 0) is 4.79 Å². The van der Waals surface area contributed by atoms with E-state index in [2.05, 4.69) is 42.0 Å². The van der Waals surface area contributed by atoms with Gasteiger partial charge in [-0.05, 0) is 31.1 Å². The Hall–Kier alpha value is -0.0500. The molecule has 0 bridgehead atoms. The van der Waals surface area contributed by atoms with Gasteiger partial charge in [-0.3, -0.25) is 4.79 Å². The first kappa shape index (κ1) is 15.0. The van der Waals surface area contributed by atoms with Gasteiger partial charge < -0.3 is 5.32 Å². The van der Waals surface area contributed by atoms with Crippen molar-refractivity contribution in [1.29, 1.82) is 0 Å². The molecule has 1 fully saturated rings. The van der Waals surface area contributed by atoms with Gasteiger partial charge in [0.2, 0.25) is 5.91 Å². The van der Waals surface area contributed by atoms with Gasteiger partial charge in [-0.15, -0.1) is 0 Å². The van der Waals surface area contributed by atoms with Gasteiger partial charge >= 0.3 is 0 Å². The monoisotopic (exact) mass is 303 g/mol.